The van der Waals surface area contributed by atoms with Gasteiger partial charge >= 0.3 is 0 Å². The Bertz CT molecular complexity index is 262. The van der Waals surface area contributed by atoms with Gasteiger partial charge in [-0.05, 0) is 13.0 Å². The summed E-state index contributed by atoms with van der Waals surface area (Å²) in [4.78, 5) is -0.144. The van der Waals surface area contributed by atoms with E-state index in [9.17, 15) is 9.50 Å². The third kappa shape index (κ3) is 2.05. The van der Waals surface area contributed by atoms with Crippen molar-refractivity contribution in [2.45, 2.75) is 17.9 Å². The average molecular weight is 233 g/mol. The number of hydrogen-bond acceptors (Lipinski definition) is 1. The summed E-state index contributed by atoms with van der Waals surface area (Å²) in [6.07, 6.45) is -0.786. The predicted octanol–water partition coefficient (Wildman–Crippen LogP) is 2.64. The van der Waals surface area contributed by atoms with E-state index in [0.29, 0.717) is 5.56 Å². The molecule has 1 aromatic rings. The molecule has 1 rings (SSSR count). The Morgan fingerprint density at radius 1 is 1.42 bits per heavy atom. The minimum Gasteiger partial charge on any atom is -0.387 e. The second-order valence-electron chi connectivity index (χ2n) is 2.64. The first-order valence-electron chi connectivity index (χ1n) is 3.69. The van der Waals surface area contributed by atoms with Crippen LogP contribution in [0.1, 0.15) is 18.6 Å². The van der Waals surface area contributed by atoms with Gasteiger partial charge in [-0.1, -0.05) is 34.1 Å². The second-order valence-corrected chi connectivity index (χ2v) is 4.09. The molecule has 2 unspecified atom stereocenters. The molecule has 12 heavy (non-hydrogen) atoms. The first-order valence-corrected chi connectivity index (χ1v) is 4.61. The van der Waals surface area contributed by atoms with Crippen molar-refractivity contribution in [3.8, 4) is 0 Å². The number of hydrogen-bond donors (Lipinski definition) is 1. The molecule has 1 aromatic carbocycles. The van der Waals surface area contributed by atoms with Crippen LogP contribution in [-0.4, -0.2) is 9.93 Å². The highest BCUT2D eigenvalue weighted by Gasteiger charge is 2.16. The summed E-state index contributed by atoms with van der Waals surface area (Å²) < 4.78 is 13.0. The van der Waals surface area contributed by atoms with Crippen molar-refractivity contribution in [2.75, 3.05) is 0 Å². The van der Waals surface area contributed by atoms with Crippen LogP contribution in [0.25, 0.3) is 0 Å². The number of halogens is 2. The maximum absolute atomic E-state index is 13.0. The van der Waals surface area contributed by atoms with Crippen LogP contribution in [0.3, 0.4) is 0 Å². The zero-order valence-corrected chi connectivity index (χ0v) is 8.25. The smallest absolute Gasteiger partial charge is 0.129 e. The summed E-state index contributed by atoms with van der Waals surface area (Å²) >= 11 is 3.19. The van der Waals surface area contributed by atoms with E-state index in [2.05, 4.69) is 15.9 Å². The van der Waals surface area contributed by atoms with Gasteiger partial charge in [0.25, 0.3) is 0 Å². The maximum atomic E-state index is 13.0. The van der Waals surface area contributed by atoms with Crippen LogP contribution in [0.4, 0.5) is 4.39 Å². The summed E-state index contributed by atoms with van der Waals surface area (Å²) in [6.45, 7) is 1.77. The molecule has 1 N–H and O–H groups in total. The quantitative estimate of drug-likeness (QED) is 0.778. The van der Waals surface area contributed by atoms with Crippen LogP contribution in [0, 0.1) is 5.82 Å². The topological polar surface area (TPSA) is 20.2 Å². The molecular weight excluding hydrogens is 223 g/mol. The van der Waals surface area contributed by atoms with E-state index in [1.54, 1.807) is 25.1 Å². The Kier molecular flexibility index (Phi) is 3.23. The van der Waals surface area contributed by atoms with Gasteiger partial charge in [0, 0.05) is 10.4 Å². The van der Waals surface area contributed by atoms with E-state index in [4.69, 9.17) is 0 Å². The molecule has 0 aromatic heterocycles. The molecule has 0 fully saturated rings. The fourth-order valence-electron chi connectivity index (χ4n) is 0.962. The molecule has 0 aliphatic heterocycles. The standard InChI is InChI=1S/C9H10BrFO/c1-6(10)9(12)7-4-2-3-5-8(7)11/h2-6,9,12H,1H3. The van der Waals surface area contributed by atoms with Gasteiger partial charge in [-0.15, -0.1) is 0 Å². The second kappa shape index (κ2) is 4.01. The average Bonchev–Trinajstić information content (AvgIpc) is 2.04. The monoisotopic (exact) mass is 232 g/mol. The summed E-state index contributed by atoms with van der Waals surface area (Å²) in [5.41, 5.74) is 0.335. The molecular formula is C9H10BrFO. The number of aliphatic hydroxyl groups is 1. The first-order chi connectivity index (χ1) is 5.63. The molecule has 0 saturated heterocycles. The zero-order chi connectivity index (χ0) is 9.14. The highest BCUT2D eigenvalue weighted by atomic mass is 79.9. The third-order valence-electron chi connectivity index (χ3n) is 1.66. The van der Waals surface area contributed by atoms with Crippen LogP contribution < -0.4 is 0 Å². The lowest BCUT2D eigenvalue weighted by molar-refractivity contribution is 0.176. The minimum absolute atomic E-state index is 0.144. The van der Waals surface area contributed by atoms with Gasteiger partial charge in [0.15, 0.2) is 0 Å². The summed E-state index contributed by atoms with van der Waals surface area (Å²) in [6, 6.07) is 6.23. The van der Waals surface area contributed by atoms with E-state index < -0.39 is 6.10 Å². The number of alkyl halides is 1. The first kappa shape index (κ1) is 9.68. The molecule has 2 atom stereocenters. The van der Waals surface area contributed by atoms with Gasteiger partial charge in [0.1, 0.15) is 5.82 Å². The lowest BCUT2D eigenvalue weighted by Gasteiger charge is -2.13. The minimum atomic E-state index is -0.786. The SMILES string of the molecule is CC(Br)C(O)c1ccccc1F. The summed E-state index contributed by atoms with van der Waals surface area (Å²) in [5, 5.41) is 9.49. The summed E-state index contributed by atoms with van der Waals surface area (Å²) in [7, 11) is 0. The van der Waals surface area contributed by atoms with Crippen molar-refractivity contribution in [3.05, 3.63) is 35.6 Å². The molecule has 66 valence electrons. The normalized spacial score (nSPS) is 15.7. The van der Waals surface area contributed by atoms with Gasteiger partial charge in [0.05, 0.1) is 6.10 Å². The number of aliphatic hydroxyl groups excluding tert-OH is 1. The molecule has 0 spiro atoms. The van der Waals surface area contributed by atoms with Crippen LogP contribution in [-0.2, 0) is 0 Å². The Morgan fingerprint density at radius 2 is 2.00 bits per heavy atom. The highest BCUT2D eigenvalue weighted by molar-refractivity contribution is 9.09. The number of benzene rings is 1. The van der Waals surface area contributed by atoms with E-state index >= 15 is 0 Å². The Hall–Kier alpha value is -0.410. The summed E-state index contributed by atoms with van der Waals surface area (Å²) in [5.74, 6) is -0.365. The molecule has 0 aliphatic rings. The van der Waals surface area contributed by atoms with E-state index in [1.165, 1.54) is 6.07 Å². The molecule has 0 aliphatic carbocycles. The molecule has 0 heterocycles. The largest absolute Gasteiger partial charge is 0.387 e. The van der Waals surface area contributed by atoms with Crippen molar-refractivity contribution in [3.63, 3.8) is 0 Å². The zero-order valence-electron chi connectivity index (χ0n) is 6.67. The Morgan fingerprint density at radius 3 is 2.50 bits per heavy atom. The molecule has 0 saturated carbocycles. The molecule has 0 radical (unpaired) electrons. The van der Waals surface area contributed by atoms with Gasteiger partial charge in [-0.2, -0.15) is 0 Å². The number of rotatable bonds is 2. The van der Waals surface area contributed by atoms with E-state index in [-0.39, 0.29) is 10.6 Å². The van der Waals surface area contributed by atoms with E-state index in [0.717, 1.165) is 0 Å². The van der Waals surface area contributed by atoms with Crippen molar-refractivity contribution >= 4 is 15.9 Å². The maximum Gasteiger partial charge on any atom is 0.129 e. The van der Waals surface area contributed by atoms with E-state index in [1.807, 2.05) is 0 Å². The van der Waals surface area contributed by atoms with Crippen molar-refractivity contribution in [2.24, 2.45) is 0 Å². The lowest BCUT2D eigenvalue weighted by Crippen LogP contribution is -2.09. The van der Waals surface area contributed by atoms with Crippen molar-refractivity contribution in [1.82, 2.24) is 0 Å². The van der Waals surface area contributed by atoms with Crippen molar-refractivity contribution < 1.29 is 9.50 Å². The highest BCUT2D eigenvalue weighted by Crippen LogP contribution is 2.23. The lowest BCUT2D eigenvalue weighted by atomic mass is 10.1. The van der Waals surface area contributed by atoms with Crippen LogP contribution >= 0.6 is 15.9 Å². The van der Waals surface area contributed by atoms with Crippen LogP contribution in [0.2, 0.25) is 0 Å². The fraction of sp³-hybridized carbons (Fsp3) is 0.333. The third-order valence-corrected chi connectivity index (χ3v) is 2.16. The van der Waals surface area contributed by atoms with Crippen molar-refractivity contribution in [1.29, 1.82) is 0 Å². The molecule has 3 heteroatoms. The van der Waals surface area contributed by atoms with Gasteiger partial charge in [-0.3, -0.25) is 0 Å². The molecule has 1 nitrogen and oxygen atoms in total. The Labute approximate surface area is 79.4 Å². The van der Waals surface area contributed by atoms with Gasteiger partial charge in [-0.25, -0.2) is 4.39 Å². The van der Waals surface area contributed by atoms with Gasteiger partial charge < -0.3 is 5.11 Å². The predicted molar refractivity (Wildman–Crippen MR) is 49.7 cm³/mol. The fourth-order valence-corrected chi connectivity index (χ4v) is 1.25. The van der Waals surface area contributed by atoms with Crippen LogP contribution in [0.5, 0.6) is 0 Å². The molecule has 0 bridgehead atoms. The van der Waals surface area contributed by atoms with Crippen LogP contribution in [0.15, 0.2) is 24.3 Å². The Balaban J connectivity index is 2.94. The van der Waals surface area contributed by atoms with Gasteiger partial charge in [0.2, 0.25) is 0 Å². The molecule has 0 amide bonds.